The number of amides is 1. The molecule has 0 aromatic heterocycles. The molecule has 0 fully saturated rings. The summed E-state index contributed by atoms with van der Waals surface area (Å²) >= 11 is 0. The lowest BCUT2D eigenvalue weighted by Gasteiger charge is -2.16. The standard InChI is InChI=1S/C11H11F2N3O/c1-16(4-2-3-14)11(17)7-5-10(15)9(13)6-8(7)12/h5-6H,2,4,15H2,1H3. The molecule has 0 aliphatic rings. The van der Waals surface area contributed by atoms with Crippen molar-refractivity contribution < 1.29 is 13.6 Å². The molecule has 90 valence electrons. The highest BCUT2D eigenvalue weighted by Crippen LogP contribution is 2.17. The van der Waals surface area contributed by atoms with E-state index in [1.807, 2.05) is 6.07 Å². The third kappa shape index (κ3) is 2.91. The summed E-state index contributed by atoms with van der Waals surface area (Å²) in [6.07, 6.45) is 0.139. The van der Waals surface area contributed by atoms with Crippen LogP contribution in [0.25, 0.3) is 0 Å². The van der Waals surface area contributed by atoms with E-state index in [-0.39, 0.29) is 24.2 Å². The van der Waals surface area contributed by atoms with Crippen molar-refractivity contribution in [1.29, 1.82) is 5.26 Å². The number of benzene rings is 1. The monoisotopic (exact) mass is 239 g/mol. The van der Waals surface area contributed by atoms with Gasteiger partial charge in [0.05, 0.1) is 23.7 Å². The zero-order chi connectivity index (χ0) is 13.0. The molecule has 0 aliphatic carbocycles. The molecule has 6 heteroatoms. The minimum absolute atomic E-state index is 0.139. The minimum atomic E-state index is -0.967. The highest BCUT2D eigenvalue weighted by molar-refractivity contribution is 5.95. The van der Waals surface area contributed by atoms with E-state index in [1.54, 1.807) is 0 Å². The molecule has 0 heterocycles. The second kappa shape index (κ2) is 5.25. The maximum atomic E-state index is 13.4. The molecule has 0 aliphatic heterocycles. The van der Waals surface area contributed by atoms with Gasteiger partial charge >= 0.3 is 0 Å². The lowest BCUT2D eigenvalue weighted by Crippen LogP contribution is -2.28. The summed E-state index contributed by atoms with van der Waals surface area (Å²) in [4.78, 5) is 12.9. The summed E-state index contributed by atoms with van der Waals surface area (Å²) < 4.78 is 26.2. The van der Waals surface area contributed by atoms with Crippen molar-refractivity contribution in [2.45, 2.75) is 6.42 Å². The van der Waals surface area contributed by atoms with Crippen molar-refractivity contribution in [2.75, 3.05) is 19.3 Å². The zero-order valence-corrected chi connectivity index (χ0v) is 9.20. The topological polar surface area (TPSA) is 70.1 Å². The van der Waals surface area contributed by atoms with Crippen molar-refractivity contribution >= 4 is 11.6 Å². The van der Waals surface area contributed by atoms with Gasteiger partial charge < -0.3 is 10.6 Å². The zero-order valence-electron chi connectivity index (χ0n) is 9.20. The Kier molecular flexibility index (Phi) is 3.99. The van der Waals surface area contributed by atoms with E-state index < -0.39 is 17.5 Å². The van der Waals surface area contributed by atoms with Gasteiger partial charge in [0.2, 0.25) is 0 Å². The Hall–Kier alpha value is -2.16. The normalized spacial score (nSPS) is 9.76. The van der Waals surface area contributed by atoms with Crippen LogP contribution in [0.3, 0.4) is 0 Å². The Morgan fingerprint density at radius 3 is 2.71 bits per heavy atom. The highest BCUT2D eigenvalue weighted by Gasteiger charge is 2.18. The van der Waals surface area contributed by atoms with Gasteiger partial charge in [0.25, 0.3) is 5.91 Å². The molecule has 0 unspecified atom stereocenters. The highest BCUT2D eigenvalue weighted by atomic mass is 19.1. The number of nitrogen functional groups attached to an aromatic ring is 1. The smallest absolute Gasteiger partial charge is 0.256 e. The van der Waals surface area contributed by atoms with Crippen LogP contribution in [-0.4, -0.2) is 24.4 Å². The number of carbonyl (C=O) groups excluding carboxylic acids is 1. The number of nitrogens with two attached hydrogens (primary N) is 1. The van der Waals surface area contributed by atoms with Crippen molar-refractivity contribution in [2.24, 2.45) is 0 Å². The second-order valence-corrected chi connectivity index (χ2v) is 3.49. The molecule has 1 aromatic rings. The first kappa shape index (κ1) is 12.9. The maximum Gasteiger partial charge on any atom is 0.256 e. The molecule has 2 N–H and O–H groups in total. The lowest BCUT2D eigenvalue weighted by atomic mass is 10.1. The largest absolute Gasteiger partial charge is 0.396 e. The SMILES string of the molecule is CN(CCC#N)C(=O)c1cc(N)c(F)cc1F. The van der Waals surface area contributed by atoms with Crippen molar-refractivity contribution in [3.05, 3.63) is 29.3 Å². The molecule has 17 heavy (non-hydrogen) atoms. The fraction of sp³-hybridized carbons (Fsp3) is 0.273. The van der Waals surface area contributed by atoms with Crippen LogP contribution in [0, 0.1) is 23.0 Å². The molecule has 4 nitrogen and oxygen atoms in total. The van der Waals surface area contributed by atoms with Crippen LogP contribution in [-0.2, 0) is 0 Å². The summed E-state index contributed by atoms with van der Waals surface area (Å²) in [5.41, 5.74) is 4.67. The Morgan fingerprint density at radius 2 is 2.12 bits per heavy atom. The summed E-state index contributed by atoms with van der Waals surface area (Å²) in [6.45, 7) is 0.173. The summed E-state index contributed by atoms with van der Waals surface area (Å²) in [5.74, 6) is -2.51. The lowest BCUT2D eigenvalue weighted by molar-refractivity contribution is 0.0793. The molecule has 0 bridgehead atoms. The molecule has 0 radical (unpaired) electrons. The van der Waals surface area contributed by atoms with Crippen LogP contribution in [0.2, 0.25) is 0 Å². The van der Waals surface area contributed by atoms with E-state index in [0.717, 1.165) is 6.07 Å². The number of nitrogens with zero attached hydrogens (tertiary/aromatic N) is 2. The first-order valence-corrected chi connectivity index (χ1v) is 4.84. The van der Waals surface area contributed by atoms with Crippen LogP contribution in [0.15, 0.2) is 12.1 Å². The molecule has 0 saturated heterocycles. The maximum absolute atomic E-state index is 13.4. The number of halogens is 2. The van der Waals surface area contributed by atoms with Crippen molar-refractivity contribution in [3.63, 3.8) is 0 Å². The molecule has 1 amide bonds. The van der Waals surface area contributed by atoms with Crippen LogP contribution in [0.5, 0.6) is 0 Å². The fourth-order valence-electron chi connectivity index (χ4n) is 1.25. The number of rotatable bonds is 3. The summed E-state index contributed by atoms with van der Waals surface area (Å²) in [6, 6.07) is 3.39. The van der Waals surface area contributed by atoms with Gasteiger partial charge in [0.15, 0.2) is 0 Å². The van der Waals surface area contributed by atoms with Crippen molar-refractivity contribution in [1.82, 2.24) is 4.90 Å². The van der Waals surface area contributed by atoms with Gasteiger partial charge in [-0.1, -0.05) is 0 Å². The Labute approximate surface area is 97.2 Å². The molecule has 0 atom stereocenters. The number of carbonyl (C=O) groups is 1. The van der Waals surface area contributed by atoms with E-state index in [4.69, 9.17) is 11.0 Å². The van der Waals surface area contributed by atoms with E-state index in [1.165, 1.54) is 11.9 Å². The van der Waals surface area contributed by atoms with Crippen LogP contribution in [0.4, 0.5) is 14.5 Å². The first-order chi connectivity index (χ1) is 7.97. The molecule has 0 saturated carbocycles. The Morgan fingerprint density at radius 1 is 1.47 bits per heavy atom. The second-order valence-electron chi connectivity index (χ2n) is 3.49. The van der Waals surface area contributed by atoms with Gasteiger partial charge in [-0.05, 0) is 6.07 Å². The quantitative estimate of drug-likeness (QED) is 0.813. The van der Waals surface area contributed by atoms with Gasteiger partial charge in [-0.2, -0.15) is 5.26 Å². The first-order valence-electron chi connectivity index (χ1n) is 4.84. The van der Waals surface area contributed by atoms with Crippen LogP contribution < -0.4 is 5.73 Å². The average molecular weight is 239 g/mol. The van der Waals surface area contributed by atoms with Crippen LogP contribution in [0.1, 0.15) is 16.8 Å². The Balaban J connectivity index is 2.97. The number of hydrogen-bond acceptors (Lipinski definition) is 3. The molecular formula is C11H11F2N3O. The molecule has 1 aromatic carbocycles. The molecule has 0 spiro atoms. The van der Waals surface area contributed by atoms with E-state index in [9.17, 15) is 13.6 Å². The van der Waals surface area contributed by atoms with E-state index in [0.29, 0.717) is 6.07 Å². The van der Waals surface area contributed by atoms with Crippen LogP contribution >= 0.6 is 0 Å². The van der Waals surface area contributed by atoms with E-state index in [2.05, 4.69) is 0 Å². The average Bonchev–Trinajstić information content (AvgIpc) is 2.29. The number of anilines is 1. The molecular weight excluding hydrogens is 228 g/mol. The third-order valence-corrected chi connectivity index (χ3v) is 2.22. The molecule has 1 rings (SSSR count). The van der Waals surface area contributed by atoms with Gasteiger partial charge in [-0.25, -0.2) is 8.78 Å². The number of hydrogen-bond donors (Lipinski definition) is 1. The van der Waals surface area contributed by atoms with Crippen molar-refractivity contribution in [3.8, 4) is 6.07 Å². The third-order valence-electron chi connectivity index (χ3n) is 2.22. The summed E-state index contributed by atoms with van der Waals surface area (Å²) in [5, 5.41) is 8.37. The summed E-state index contributed by atoms with van der Waals surface area (Å²) in [7, 11) is 1.43. The van der Waals surface area contributed by atoms with Gasteiger partial charge in [0, 0.05) is 19.7 Å². The minimum Gasteiger partial charge on any atom is -0.396 e. The number of nitriles is 1. The van der Waals surface area contributed by atoms with Gasteiger partial charge in [0.1, 0.15) is 11.6 Å². The fourth-order valence-corrected chi connectivity index (χ4v) is 1.25. The predicted octanol–water partition coefficient (Wildman–Crippen LogP) is 1.53. The van der Waals surface area contributed by atoms with Gasteiger partial charge in [-0.15, -0.1) is 0 Å². The van der Waals surface area contributed by atoms with Gasteiger partial charge in [-0.3, -0.25) is 4.79 Å². The predicted molar refractivity (Wildman–Crippen MR) is 58.0 cm³/mol. The Bertz CT molecular complexity index is 482. The van der Waals surface area contributed by atoms with E-state index >= 15 is 0 Å².